The number of hydrogen-bond acceptors (Lipinski definition) is 7. The number of aromatic nitrogens is 5. The van der Waals surface area contributed by atoms with Gasteiger partial charge in [-0.25, -0.2) is 13.4 Å². The lowest BCUT2D eigenvalue weighted by atomic mass is 9.87. The van der Waals surface area contributed by atoms with Crippen molar-refractivity contribution in [2.45, 2.75) is 43.8 Å². The van der Waals surface area contributed by atoms with Crippen LogP contribution in [0.4, 0.5) is 30.4 Å². The van der Waals surface area contributed by atoms with Gasteiger partial charge in [0.25, 0.3) is 10.0 Å². The van der Waals surface area contributed by atoms with Gasteiger partial charge in [-0.3, -0.25) is 4.31 Å². The van der Waals surface area contributed by atoms with E-state index < -0.39 is 21.9 Å². The van der Waals surface area contributed by atoms with Crippen molar-refractivity contribution in [3.63, 3.8) is 0 Å². The molecule has 5 rings (SSSR count). The van der Waals surface area contributed by atoms with E-state index in [9.17, 15) is 21.6 Å². The number of fused-ring (bicyclic) bond motifs is 2. The Morgan fingerprint density at radius 3 is 2.29 bits per heavy atom. The van der Waals surface area contributed by atoms with Gasteiger partial charge < -0.3 is 5.32 Å². The lowest BCUT2D eigenvalue weighted by Gasteiger charge is -2.25. The highest BCUT2D eigenvalue weighted by atomic mass is 32.2. The Labute approximate surface area is 217 Å². The first-order valence-electron chi connectivity index (χ1n) is 11.6. The lowest BCUT2D eigenvalue weighted by Crippen LogP contribution is -2.30. The molecule has 0 spiro atoms. The summed E-state index contributed by atoms with van der Waals surface area (Å²) in [5.41, 5.74) is 0.930. The number of nitrogens with one attached hydrogen (secondary N) is 1. The van der Waals surface area contributed by atoms with E-state index in [2.05, 4.69) is 25.7 Å². The average molecular weight is 544 g/mol. The standard InChI is InChI=1S/C25H24F3N7O2S/c1-24(2,3)17-7-9-18(10-8-17)38(36,37)35-14-16-6-12-21(25(26,27)28)30-22(16)29-19-11-5-15(13-20(19)35)23-31-33-34(4)32-23/h5-13H,14H2,1-4H3,(H,29,30). The number of pyridine rings is 1. The maximum atomic E-state index is 14.0. The third kappa shape index (κ3) is 4.69. The SMILES string of the molecule is Cn1nnc(-c2ccc3c(c2)N(S(=O)(=O)c2ccc(C(C)(C)C)cc2)Cc2ccc(C(F)(F)F)nc2N3)n1. The first kappa shape index (κ1) is 25.6. The predicted molar refractivity (Wildman–Crippen MR) is 135 cm³/mol. The van der Waals surface area contributed by atoms with Crippen molar-refractivity contribution in [1.29, 1.82) is 0 Å². The van der Waals surface area contributed by atoms with E-state index in [1.54, 1.807) is 37.4 Å². The molecule has 0 saturated carbocycles. The number of aryl methyl sites for hydroxylation is 1. The number of benzene rings is 2. The Bertz CT molecular complexity index is 1630. The van der Waals surface area contributed by atoms with Gasteiger partial charge in [-0.2, -0.15) is 18.0 Å². The van der Waals surface area contributed by atoms with Gasteiger partial charge in [-0.05, 0) is 52.6 Å². The molecule has 0 radical (unpaired) electrons. The van der Waals surface area contributed by atoms with Crippen LogP contribution in [0.15, 0.2) is 59.5 Å². The smallest absolute Gasteiger partial charge is 0.338 e. The summed E-state index contributed by atoms with van der Waals surface area (Å²) in [7, 11) is -2.56. The zero-order valence-electron chi connectivity index (χ0n) is 20.9. The summed E-state index contributed by atoms with van der Waals surface area (Å²) in [5, 5.41) is 14.9. The summed E-state index contributed by atoms with van der Waals surface area (Å²) < 4.78 is 69.3. The summed E-state index contributed by atoms with van der Waals surface area (Å²) in [5.74, 6) is 0.189. The first-order chi connectivity index (χ1) is 17.7. The van der Waals surface area contributed by atoms with Crippen LogP contribution in [0, 0.1) is 0 Å². The second kappa shape index (κ2) is 8.79. The molecule has 0 fully saturated rings. The topological polar surface area (TPSA) is 106 Å². The molecule has 4 aromatic rings. The summed E-state index contributed by atoms with van der Waals surface area (Å²) in [6.07, 6.45) is -4.66. The molecule has 0 atom stereocenters. The van der Waals surface area contributed by atoms with Crippen molar-refractivity contribution >= 4 is 27.2 Å². The van der Waals surface area contributed by atoms with Crippen molar-refractivity contribution in [1.82, 2.24) is 25.2 Å². The highest BCUT2D eigenvalue weighted by Gasteiger charge is 2.36. The number of nitrogens with zero attached hydrogens (tertiary/aromatic N) is 6. The van der Waals surface area contributed by atoms with Crippen molar-refractivity contribution in [3.05, 3.63) is 71.4 Å². The van der Waals surface area contributed by atoms with E-state index in [0.29, 0.717) is 5.56 Å². The van der Waals surface area contributed by atoms with Gasteiger partial charge >= 0.3 is 6.18 Å². The second-order valence-electron chi connectivity index (χ2n) is 9.95. The molecule has 9 nitrogen and oxygen atoms in total. The molecule has 1 aliphatic rings. The minimum absolute atomic E-state index is 0.0443. The molecule has 0 saturated heterocycles. The van der Waals surface area contributed by atoms with E-state index >= 15 is 0 Å². The normalized spacial score (nSPS) is 13.9. The van der Waals surface area contributed by atoms with Crippen LogP contribution in [0.5, 0.6) is 0 Å². The van der Waals surface area contributed by atoms with Crippen LogP contribution >= 0.6 is 0 Å². The lowest BCUT2D eigenvalue weighted by molar-refractivity contribution is -0.141. The Balaban J connectivity index is 1.67. The average Bonchev–Trinajstić information content (AvgIpc) is 3.20. The Kier molecular flexibility index (Phi) is 5.93. The molecule has 198 valence electrons. The van der Waals surface area contributed by atoms with Gasteiger partial charge in [0.05, 0.1) is 29.9 Å². The van der Waals surface area contributed by atoms with Gasteiger partial charge in [0.1, 0.15) is 11.5 Å². The number of hydrogen-bond donors (Lipinski definition) is 1. The molecule has 2 aromatic carbocycles. The molecule has 2 aromatic heterocycles. The fraction of sp³-hybridized carbons (Fsp3) is 0.280. The number of rotatable bonds is 3. The summed E-state index contributed by atoms with van der Waals surface area (Å²) >= 11 is 0. The maximum absolute atomic E-state index is 14.0. The highest BCUT2D eigenvalue weighted by molar-refractivity contribution is 7.92. The van der Waals surface area contributed by atoms with E-state index in [0.717, 1.165) is 15.9 Å². The first-order valence-corrected chi connectivity index (χ1v) is 13.0. The fourth-order valence-electron chi connectivity index (χ4n) is 4.10. The molecule has 3 heterocycles. The monoisotopic (exact) mass is 543 g/mol. The van der Waals surface area contributed by atoms with E-state index in [1.165, 1.54) is 23.0 Å². The van der Waals surface area contributed by atoms with Crippen LogP contribution in [-0.2, 0) is 35.2 Å². The van der Waals surface area contributed by atoms with Gasteiger partial charge in [-0.1, -0.05) is 39.0 Å². The van der Waals surface area contributed by atoms with Crippen LogP contribution in [0.2, 0.25) is 0 Å². The third-order valence-electron chi connectivity index (χ3n) is 6.18. The van der Waals surface area contributed by atoms with Gasteiger partial charge in [-0.15, -0.1) is 10.2 Å². The Morgan fingerprint density at radius 1 is 0.974 bits per heavy atom. The quantitative estimate of drug-likeness (QED) is 0.386. The van der Waals surface area contributed by atoms with Crippen molar-refractivity contribution in [2.24, 2.45) is 7.05 Å². The molecule has 38 heavy (non-hydrogen) atoms. The van der Waals surface area contributed by atoms with Gasteiger partial charge in [0, 0.05) is 11.1 Å². The minimum atomic E-state index is -4.66. The third-order valence-corrected chi connectivity index (χ3v) is 7.95. The molecule has 0 aliphatic carbocycles. The van der Waals surface area contributed by atoms with Crippen LogP contribution in [0.1, 0.15) is 37.6 Å². The molecule has 0 unspecified atom stereocenters. The summed E-state index contributed by atoms with van der Waals surface area (Å²) in [4.78, 5) is 5.07. The van der Waals surface area contributed by atoms with E-state index in [-0.39, 0.29) is 45.4 Å². The van der Waals surface area contributed by atoms with Crippen LogP contribution in [0.25, 0.3) is 11.4 Å². The zero-order valence-corrected chi connectivity index (χ0v) is 21.8. The molecular weight excluding hydrogens is 519 g/mol. The molecule has 0 bridgehead atoms. The van der Waals surface area contributed by atoms with Gasteiger partial charge in [0.15, 0.2) is 0 Å². The summed E-state index contributed by atoms with van der Waals surface area (Å²) in [6, 6.07) is 13.4. The number of sulfonamides is 1. The number of anilines is 3. The van der Waals surface area contributed by atoms with E-state index in [1.807, 2.05) is 20.8 Å². The predicted octanol–water partition coefficient (Wildman–Crippen LogP) is 5.04. The number of halogens is 3. The number of alkyl halides is 3. The van der Waals surface area contributed by atoms with Crippen LogP contribution in [-0.4, -0.2) is 33.6 Å². The van der Waals surface area contributed by atoms with Crippen LogP contribution in [0.3, 0.4) is 0 Å². The molecular formula is C25H24F3N7O2S. The van der Waals surface area contributed by atoms with Crippen molar-refractivity contribution < 1.29 is 21.6 Å². The van der Waals surface area contributed by atoms with Gasteiger partial charge in [0.2, 0.25) is 5.82 Å². The molecule has 13 heteroatoms. The largest absolute Gasteiger partial charge is 0.433 e. The Morgan fingerprint density at radius 2 is 1.68 bits per heavy atom. The highest BCUT2D eigenvalue weighted by Crippen LogP contribution is 2.41. The number of tetrazole rings is 1. The fourth-order valence-corrected chi connectivity index (χ4v) is 5.55. The molecule has 1 N–H and O–H groups in total. The molecule has 0 amide bonds. The minimum Gasteiger partial charge on any atom is -0.338 e. The summed E-state index contributed by atoms with van der Waals surface area (Å²) in [6.45, 7) is 5.82. The zero-order chi connectivity index (χ0) is 27.5. The molecule has 1 aliphatic heterocycles. The van der Waals surface area contributed by atoms with E-state index in [4.69, 9.17) is 0 Å². The van der Waals surface area contributed by atoms with Crippen molar-refractivity contribution in [2.75, 3.05) is 9.62 Å². The van der Waals surface area contributed by atoms with Crippen molar-refractivity contribution in [3.8, 4) is 11.4 Å². The maximum Gasteiger partial charge on any atom is 0.433 e. The second-order valence-corrected chi connectivity index (χ2v) is 11.8. The van der Waals surface area contributed by atoms with Crippen LogP contribution < -0.4 is 9.62 Å². The Hall–Kier alpha value is -4.00.